The maximum absolute atomic E-state index is 13.1. The van der Waals surface area contributed by atoms with Gasteiger partial charge in [0.05, 0.1) is 5.69 Å². The van der Waals surface area contributed by atoms with Crippen molar-refractivity contribution in [2.75, 3.05) is 0 Å². The molecule has 0 spiro atoms. The van der Waals surface area contributed by atoms with Gasteiger partial charge in [-0.1, -0.05) is 66.7 Å². The summed E-state index contributed by atoms with van der Waals surface area (Å²) >= 11 is 0. The molecule has 1 aromatic heterocycles. The maximum Gasteiger partial charge on any atom is 0.573 e. The minimum absolute atomic E-state index is 0.0415. The summed E-state index contributed by atoms with van der Waals surface area (Å²) in [4.78, 5) is 29.4. The molecule has 0 unspecified atom stereocenters. The van der Waals surface area contributed by atoms with Crippen LogP contribution in [0.25, 0.3) is 28.2 Å². The summed E-state index contributed by atoms with van der Waals surface area (Å²) in [6.07, 6.45) is -3.11. The van der Waals surface area contributed by atoms with Crippen molar-refractivity contribution < 1.29 is 27.5 Å². The largest absolute Gasteiger partial charge is 0.573 e. The normalized spacial score (nSPS) is 11.3. The Labute approximate surface area is 227 Å². The fourth-order valence-corrected chi connectivity index (χ4v) is 4.28. The number of hydrogen-bond donors (Lipinski definition) is 0. The van der Waals surface area contributed by atoms with E-state index in [1.807, 2.05) is 54.6 Å². The van der Waals surface area contributed by atoms with Crippen LogP contribution >= 0.6 is 0 Å². The average molecular weight is 542 g/mol. The third-order valence-corrected chi connectivity index (χ3v) is 6.21. The number of aromatic nitrogens is 3. The molecule has 0 aliphatic heterocycles. The molecule has 9 heteroatoms. The van der Waals surface area contributed by atoms with Crippen molar-refractivity contribution in [3.8, 4) is 34.0 Å². The molecule has 0 radical (unpaired) electrons. The lowest BCUT2D eigenvalue weighted by Gasteiger charge is -2.09. The molecular formula is C31H22F3N3O3. The first-order chi connectivity index (χ1) is 19.2. The number of hydrogen-bond acceptors (Lipinski definition) is 5. The van der Waals surface area contributed by atoms with E-state index in [-0.39, 0.29) is 23.7 Å². The van der Waals surface area contributed by atoms with Crippen LogP contribution in [0.1, 0.15) is 33.2 Å². The van der Waals surface area contributed by atoms with Crippen LogP contribution in [0.5, 0.6) is 5.75 Å². The van der Waals surface area contributed by atoms with Crippen molar-refractivity contribution >= 4 is 11.6 Å². The molecule has 0 atom stereocenters. The molecule has 0 saturated heterocycles. The molecule has 0 fully saturated rings. The molecule has 5 aromatic rings. The molecule has 200 valence electrons. The first kappa shape index (κ1) is 26.6. The first-order valence-electron chi connectivity index (χ1n) is 12.3. The highest BCUT2D eigenvalue weighted by atomic mass is 19.4. The average Bonchev–Trinajstić information content (AvgIpc) is 3.43. The smallest absolute Gasteiger partial charge is 0.406 e. The van der Waals surface area contributed by atoms with Gasteiger partial charge in [0.25, 0.3) is 0 Å². The topological polar surface area (TPSA) is 74.1 Å². The van der Waals surface area contributed by atoms with E-state index in [0.29, 0.717) is 22.6 Å². The van der Waals surface area contributed by atoms with Crippen LogP contribution in [0.4, 0.5) is 13.2 Å². The van der Waals surface area contributed by atoms with E-state index in [2.05, 4.69) is 14.8 Å². The number of carbonyl (C=O) groups excluding carboxylic acids is 2. The van der Waals surface area contributed by atoms with Gasteiger partial charge in [-0.2, -0.15) is 0 Å². The summed E-state index contributed by atoms with van der Waals surface area (Å²) in [5.74, 6) is -0.00454. The van der Waals surface area contributed by atoms with Crippen molar-refractivity contribution in [2.24, 2.45) is 0 Å². The molecule has 0 aliphatic carbocycles. The minimum Gasteiger partial charge on any atom is -0.406 e. The molecule has 1 heterocycles. The second kappa shape index (κ2) is 11.0. The van der Waals surface area contributed by atoms with Gasteiger partial charge in [-0.25, -0.2) is 9.67 Å². The zero-order valence-corrected chi connectivity index (χ0v) is 21.2. The van der Waals surface area contributed by atoms with E-state index in [0.717, 1.165) is 22.3 Å². The predicted molar refractivity (Wildman–Crippen MR) is 143 cm³/mol. The van der Waals surface area contributed by atoms with Gasteiger partial charge in [0.1, 0.15) is 12.1 Å². The Kier molecular flexibility index (Phi) is 7.29. The number of carbonyl (C=O) groups is 2. The zero-order chi connectivity index (χ0) is 28.3. The molecule has 0 bridgehead atoms. The molecule has 5 rings (SSSR count). The fourth-order valence-electron chi connectivity index (χ4n) is 4.28. The Balaban J connectivity index is 1.27. The van der Waals surface area contributed by atoms with E-state index < -0.39 is 6.36 Å². The number of alkyl halides is 3. The molecule has 40 heavy (non-hydrogen) atoms. The Hall–Kier alpha value is -5.05. The number of rotatable bonds is 8. The highest BCUT2D eigenvalue weighted by Crippen LogP contribution is 2.26. The van der Waals surface area contributed by atoms with Gasteiger partial charge in [-0.3, -0.25) is 9.59 Å². The number of Topliss-reactive ketones (excluding diaryl/α,β-unsaturated/α-hetero) is 2. The Morgan fingerprint density at radius 1 is 0.850 bits per heavy atom. The van der Waals surface area contributed by atoms with E-state index in [1.165, 1.54) is 42.2 Å². The van der Waals surface area contributed by atoms with Gasteiger partial charge in [0.15, 0.2) is 17.4 Å². The number of ether oxygens (including phenoxy) is 1. The van der Waals surface area contributed by atoms with Crippen LogP contribution in [-0.2, 0) is 6.42 Å². The fraction of sp³-hybridized carbons (Fsp3) is 0.0968. The van der Waals surface area contributed by atoms with Crippen molar-refractivity contribution in [1.29, 1.82) is 0 Å². The van der Waals surface area contributed by atoms with Gasteiger partial charge >= 0.3 is 6.36 Å². The summed E-state index contributed by atoms with van der Waals surface area (Å²) < 4.78 is 42.5. The van der Waals surface area contributed by atoms with Gasteiger partial charge in [-0.15, -0.1) is 18.3 Å². The molecule has 6 nitrogen and oxygen atoms in total. The summed E-state index contributed by atoms with van der Waals surface area (Å²) in [6, 6.07) is 27.1. The van der Waals surface area contributed by atoms with E-state index >= 15 is 0 Å². The van der Waals surface area contributed by atoms with Crippen molar-refractivity contribution in [3.63, 3.8) is 0 Å². The lowest BCUT2D eigenvalue weighted by molar-refractivity contribution is -0.274. The lowest BCUT2D eigenvalue weighted by Crippen LogP contribution is -2.17. The van der Waals surface area contributed by atoms with Crippen LogP contribution in [0.3, 0.4) is 0 Å². The second-order valence-corrected chi connectivity index (χ2v) is 9.03. The van der Waals surface area contributed by atoms with Crippen LogP contribution in [0, 0.1) is 0 Å². The highest BCUT2D eigenvalue weighted by Gasteiger charge is 2.31. The first-order valence-corrected chi connectivity index (χ1v) is 12.3. The third kappa shape index (κ3) is 6.15. The van der Waals surface area contributed by atoms with Crippen LogP contribution < -0.4 is 4.74 Å². The van der Waals surface area contributed by atoms with Crippen LogP contribution in [-0.4, -0.2) is 32.7 Å². The van der Waals surface area contributed by atoms with E-state index in [4.69, 9.17) is 0 Å². The molecule has 0 aliphatic rings. The van der Waals surface area contributed by atoms with Crippen LogP contribution in [0.2, 0.25) is 0 Å². The SMILES string of the molecule is CC(=O)c1ccccc1-c1cccc(C(=O)Cc2ccc(-c3ncn(-c4ccc(OC(F)(F)F)cc4)n3)cc2)c1. The number of nitrogens with zero attached hydrogens (tertiary/aromatic N) is 3. The quantitative estimate of drug-likeness (QED) is 0.196. The zero-order valence-electron chi connectivity index (χ0n) is 21.2. The van der Waals surface area contributed by atoms with Crippen LogP contribution in [0.15, 0.2) is 103 Å². The summed E-state index contributed by atoms with van der Waals surface area (Å²) in [6.45, 7) is 1.52. The summed E-state index contributed by atoms with van der Waals surface area (Å²) in [7, 11) is 0. The number of ketones is 2. The monoisotopic (exact) mass is 541 g/mol. The van der Waals surface area contributed by atoms with E-state index in [9.17, 15) is 22.8 Å². The molecular weight excluding hydrogens is 519 g/mol. The standard InChI is InChI=1S/C31H22F3N3O3/c1-20(38)27-7-2-3-8-28(27)23-5-4-6-24(18-23)29(39)17-21-9-11-22(12-10-21)30-35-19-37(36-30)25-13-15-26(16-14-25)40-31(32,33)34/h2-16,18-19H,17H2,1H3. The van der Waals surface area contributed by atoms with Gasteiger partial charge < -0.3 is 4.74 Å². The summed E-state index contributed by atoms with van der Waals surface area (Å²) in [5.41, 5.74) is 4.78. The molecule has 0 saturated carbocycles. The van der Waals surface area contributed by atoms with Gasteiger partial charge in [0, 0.05) is 23.1 Å². The minimum atomic E-state index is -4.76. The molecule has 0 N–H and O–H groups in total. The summed E-state index contributed by atoms with van der Waals surface area (Å²) in [5, 5.41) is 4.40. The number of halogens is 3. The van der Waals surface area contributed by atoms with Crippen molar-refractivity contribution in [2.45, 2.75) is 19.7 Å². The number of benzene rings is 4. The van der Waals surface area contributed by atoms with E-state index in [1.54, 1.807) is 18.2 Å². The Morgan fingerprint density at radius 3 is 2.27 bits per heavy atom. The van der Waals surface area contributed by atoms with Crippen molar-refractivity contribution in [1.82, 2.24) is 14.8 Å². The molecule has 0 amide bonds. The Morgan fingerprint density at radius 2 is 1.57 bits per heavy atom. The van der Waals surface area contributed by atoms with Gasteiger partial charge in [-0.05, 0) is 53.9 Å². The third-order valence-electron chi connectivity index (χ3n) is 6.21. The predicted octanol–water partition coefficient (Wildman–Crippen LogP) is 7.13. The van der Waals surface area contributed by atoms with Crippen molar-refractivity contribution in [3.05, 3.63) is 120 Å². The Bertz CT molecular complexity index is 1670. The van der Waals surface area contributed by atoms with Gasteiger partial charge in [0.2, 0.25) is 0 Å². The lowest BCUT2D eigenvalue weighted by atomic mass is 9.94. The highest BCUT2D eigenvalue weighted by molar-refractivity contribution is 6.02. The molecule has 4 aromatic carbocycles. The maximum atomic E-state index is 13.1. The second-order valence-electron chi connectivity index (χ2n) is 9.03.